The normalized spacial score (nSPS) is 9.39. The Morgan fingerprint density at radius 1 is 1.33 bits per heavy atom. The van der Waals surface area contributed by atoms with Crippen LogP contribution in [-0.2, 0) is 11.3 Å². The van der Waals surface area contributed by atoms with Gasteiger partial charge in [0.15, 0.2) is 0 Å². The molecule has 7 heteroatoms. The molecular weight excluding hydrogens is 258 g/mol. The molecule has 18 heavy (non-hydrogen) atoms. The van der Waals surface area contributed by atoms with Crippen LogP contribution < -0.4 is 11.1 Å². The predicted molar refractivity (Wildman–Crippen MR) is 70.5 cm³/mol. The predicted octanol–water partition coefficient (Wildman–Crippen LogP) is 1.37. The van der Waals surface area contributed by atoms with Gasteiger partial charge in [-0.05, 0) is 18.5 Å². The lowest BCUT2D eigenvalue weighted by Crippen LogP contribution is -2.23. The number of halogens is 1. The van der Waals surface area contributed by atoms with Crippen LogP contribution in [0.15, 0.2) is 24.3 Å². The quantitative estimate of drug-likeness (QED) is 0.604. The van der Waals surface area contributed by atoms with Crippen LogP contribution in [0.2, 0.25) is 0 Å². The number of hydrogen-bond acceptors (Lipinski definition) is 4. The van der Waals surface area contributed by atoms with E-state index in [1.807, 2.05) is 0 Å². The Labute approximate surface area is 111 Å². The lowest BCUT2D eigenvalue weighted by Gasteiger charge is -2.04. The Kier molecular flexibility index (Phi) is 7.66. The number of amides is 1. The van der Waals surface area contributed by atoms with E-state index >= 15 is 0 Å². The molecule has 0 aromatic heterocycles. The summed E-state index contributed by atoms with van der Waals surface area (Å²) in [7, 11) is 0. The first kappa shape index (κ1) is 16.3. The third-order valence-corrected chi connectivity index (χ3v) is 2.24. The Hall–Kier alpha value is -1.66. The maximum atomic E-state index is 11.3. The first-order chi connectivity index (χ1) is 8.13. The van der Waals surface area contributed by atoms with Crippen molar-refractivity contribution in [2.45, 2.75) is 19.4 Å². The highest BCUT2D eigenvalue weighted by Crippen LogP contribution is 2.11. The molecule has 0 bridgehead atoms. The highest BCUT2D eigenvalue weighted by atomic mass is 35.5. The maximum Gasteiger partial charge on any atom is 0.269 e. The molecule has 1 amide bonds. The number of nitrogens with two attached hydrogens (primary N) is 1. The number of nitro groups is 1. The van der Waals surface area contributed by atoms with Crippen LogP contribution in [-0.4, -0.2) is 17.4 Å². The molecular formula is C11H16ClN3O3. The van der Waals surface area contributed by atoms with Gasteiger partial charge in [-0.15, -0.1) is 12.4 Å². The summed E-state index contributed by atoms with van der Waals surface area (Å²) in [5.41, 5.74) is 6.16. The molecule has 0 saturated carbocycles. The average Bonchev–Trinajstić information content (AvgIpc) is 2.34. The lowest BCUT2D eigenvalue weighted by molar-refractivity contribution is -0.384. The molecule has 1 aromatic carbocycles. The fourth-order valence-corrected chi connectivity index (χ4v) is 1.29. The molecule has 1 aromatic rings. The summed E-state index contributed by atoms with van der Waals surface area (Å²) in [6, 6.07) is 6.09. The van der Waals surface area contributed by atoms with Gasteiger partial charge in [0.05, 0.1) is 4.92 Å². The maximum absolute atomic E-state index is 11.3. The van der Waals surface area contributed by atoms with Crippen LogP contribution >= 0.6 is 12.4 Å². The van der Waals surface area contributed by atoms with Crippen molar-refractivity contribution in [3.63, 3.8) is 0 Å². The van der Waals surface area contributed by atoms with E-state index < -0.39 is 4.92 Å². The van der Waals surface area contributed by atoms with E-state index in [0.717, 1.165) is 5.56 Å². The second-order valence-electron chi connectivity index (χ2n) is 3.59. The monoisotopic (exact) mass is 273 g/mol. The number of hydrogen-bond donors (Lipinski definition) is 2. The van der Waals surface area contributed by atoms with Crippen molar-refractivity contribution >= 4 is 24.0 Å². The minimum atomic E-state index is -0.455. The molecule has 0 unspecified atom stereocenters. The van der Waals surface area contributed by atoms with Crippen LogP contribution in [0, 0.1) is 10.1 Å². The minimum absolute atomic E-state index is 0. The summed E-state index contributed by atoms with van der Waals surface area (Å²) in [6.45, 7) is 0.867. The Morgan fingerprint density at radius 3 is 2.44 bits per heavy atom. The van der Waals surface area contributed by atoms with Gasteiger partial charge in [0.2, 0.25) is 5.91 Å². The van der Waals surface area contributed by atoms with Gasteiger partial charge < -0.3 is 11.1 Å². The number of carbonyl (C=O) groups is 1. The van der Waals surface area contributed by atoms with E-state index in [9.17, 15) is 14.9 Å². The second kappa shape index (κ2) is 8.43. The molecule has 0 heterocycles. The van der Waals surface area contributed by atoms with Gasteiger partial charge in [-0.25, -0.2) is 0 Å². The van der Waals surface area contributed by atoms with Gasteiger partial charge in [0.1, 0.15) is 0 Å². The molecule has 0 radical (unpaired) electrons. The van der Waals surface area contributed by atoms with Crippen molar-refractivity contribution in [3.8, 4) is 0 Å². The summed E-state index contributed by atoms with van der Waals surface area (Å²) in [6.07, 6.45) is 1.07. The smallest absolute Gasteiger partial charge is 0.269 e. The van der Waals surface area contributed by atoms with E-state index in [2.05, 4.69) is 5.32 Å². The topological polar surface area (TPSA) is 98.3 Å². The molecule has 1 rings (SSSR count). The van der Waals surface area contributed by atoms with Crippen LogP contribution in [0.3, 0.4) is 0 Å². The fourth-order valence-electron chi connectivity index (χ4n) is 1.29. The molecule has 3 N–H and O–H groups in total. The van der Waals surface area contributed by atoms with Crippen LogP contribution in [0.5, 0.6) is 0 Å². The highest BCUT2D eigenvalue weighted by Gasteiger charge is 2.04. The first-order valence-electron chi connectivity index (χ1n) is 5.33. The van der Waals surface area contributed by atoms with Crippen LogP contribution in [0.25, 0.3) is 0 Å². The molecule has 0 aliphatic heterocycles. The molecule has 0 atom stereocenters. The molecule has 0 saturated heterocycles. The fraction of sp³-hybridized carbons (Fsp3) is 0.364. The summed E-state index contributed by atoms with van der Waals surface area (Å²) in [5, 5.41) is 13.1. The second-order valence-corrected chi connectivity index (χ2v) is 3.59. The molecule has 0 aliphatic rings. The van der Waals surface area contributed by atoms with Crippen molar-refractivity contribution < 1.29 is 9.72 Å². The van der Waals surface area contributed by atoms with Crippen molar-refractivity contribution in [3.05, 3.63) is 39.9 Å². The third kappa shape index (κ3) is 5.60. The number of nitrogens with one attached hydrogen (secondary N) is 1. The van der Waals surface area contributed by atoms with E-state index in [-0.39, 0.29) is 24.0 Å². The zero-order valence-corrected chi connectivity index (χ0v) is 10.6. The summed E-state index contributed by atoms with van der Waals surface area (Å²) < 4.78 is 0. The Morgan fingerprint density at radius 2 is 1.94 bits per heavy atom. The number of benzene rings is 1. The van der Waals surface area contributed by atoms with E-state index in [1.54, 1.807) is 12.1 Å². The Bertz CT molecular complexity index is 395. The molecule has 100 valence electrons. The van der Waals surface area contributed by atoms with Gasteiger partial charge in [-0.1, -0.05) is 12.1 Å². The number of carbonyl (C=O) groups excluding carboxylic acids is 1. The third-order valence-electron chi connectivity index (χ3n) is 2.24. The summed E-state index contributed by atoms with van der Waals surface area (Å²) in [4.78, 5) is 21.2. The van der Waals surface area contributed by atoms with Gasteiger partial charge in [0.25, 0.3) is 5.69 Å². The molecule has 0 fully saturated rings. The number of nitrogens with zero attached hydrogens (tertiary/aromatic N) is 1. The van der Waals surface area contributed by atoms with Crippen LogP contribution in [0.4, 0.5) is 5.69 Å². The lowest BCUT2D eigenvalue weighted by atomic mass is 10.2. The van der Waals surface area contributed by atoms with E-state index in [4.69, 9.17) is 5.73 Å². The van der Waals surface area contributed by atoms with E-state index in [0.29, 0.717) is 25.9 Å². The highest BCUT2D eigenvalue weighted by molar-refractivity contribution is 5.85. The summed E-state index contributed by atoms with van der Waals surface area (Å²) in [5.74, 6) is -0.0613. The molecule has 0 aliphatic carbocycles. The number of non-ortho nitro benzene ring substituents is 1. The van der Waals surface area contributed by atoms with Crippen molar-refractivity contribution in [1.82, 2.24) is 5.32 Å². The largest absolute Gasteiger partial charge is 0.352 e. The SMILES string of the molecule is Cl.NCCCC(=O)NCc1ccc([N+](=O)[O-])cc1. The zero-order valence-electron chi connectivity index (χ0n) is 9.80. The van der Waals surface area contributed by atoms with Crippen LogP contribution in [0.1, 0.15) is 18.4 Å². The van der Waals surface area contributed by atoms with Crippen molar-refractivity contribution in [2.24, 2.45) is 5.73 Å². The molecule has 0 spiro atoms. The molecule has 6 nitrogen and oxygen atoms in total. The first-order valence-corrected chi connectivity index (χ1v) is 5.33. The Balaban J connectivity index is 0.00000289. The average molecular weight is 274 g/mol. The van der Waals surface area contributed by atoms with Gasteiger partial charge >= 0.3 is 0 Å². The number of nitro benzene ring substituents is 1. The number of rotatable bonds is 6. The zero-order chi connectivity index (χ0) is 12.7. The summed E-state index contributed by atoms with van der Waals surface area (Å²) >= 11 is 0. The van der Waals surface area contributed by atoms with Gasteiger partial charge in [0, 0.05) is 25.1 Å². The standard InChI is InChI=1S/C11H15N3O3.ClH/c12-7-1-2-11(15)13-8-9-3-5-10(6-4-9)14(16)17;/h3-6H,1-2,7-8,12H2,(H,13,15);1H. The van der Waals surface area contributed by atoms with E-state index in [1.165, 1.54) is 12.1 Å². The van der Waals surface area contributed by atoms with Crippen molar-refractivity contribution in [1.29, 1.82) is 0 Å². The van der Waals surface area contributed by atoms with Crippen molar-refractivity contribution in [2.75, 3.05) is 6.54 Å². The van der Waals surface area contributed by atoms with Gasteiger partial charge in [-0.3, -0.25) is 14.9 Å². The minimum Gasteiger partial charge on any atom is -0.352 e. The van der Waals surface area contributed by atoms with Gasteiger partial charge in [-0.2, -0.15) is 0 Å².